The molecule has 2 N–H and O–H groups in total. The Morgan fingerprint density at radius 1 is 1.38 bits per heavy atom. The fourth-order valence-electron chi connectivity index (χ4n) is 3.61. The minimum atomic E-state index is -0.0298. The number of rotatable bonds is 3. The first-order chi connectivity index (χ1) is 10.1. The molecule has 0 aromatic heterocycles. The van der Waals surface area contributed by atoms with Gasteiger partial charge in [-0.2, -0.15) is 0 Å². The quantitative estimate of drug-likeness (QED) is 0.878. The Labute approximate surface area is 135 Å². The molecule has 0 radical (unpaired) electrons. The summed E-state index contributed by atoms with van der Waals surface area (Å²) >= 11 is 3.51. The van der Waals surface area contributed by atoms with E-state index < -0.39 is 0 Å². The van der Waals surface area contributed by atoms with E-state index in [-0.39, 0.29) is 17.7 Å². The second-order valence-corrected chi connectivity index (χ2v) is 7.36. The van der Waals surface area contributed by atoms with Gasteiger partial charge < -0.3 is 15.2 Å². The summed E-state index contributed by atoms with van der Waals surface area (Å²) in [6.07, 6.45) is 7.18. The van der Waals surface area contributed by atoms with Crippen LogP contribution in [-0.2, 0) is 4.74 Å². The fourth-order valence-corrected chi connectivity index (χ4v) is 3.99. The van der Waals surface area contributed by atoms with E-state index in [1.165, 1.54) is 25.7 Å². The number of hydrogen-bond acceptors (Lipinski definition) is 3. The molecule has 1 unspecified atom stereocenters. The average Bonchev–Trinajstić information content (AvgIpc) is 2.88. The second kappa shape index (κ2) is 6.27. The number of ether oxygens (including phenoxy) is 2. The smallest absolute Gasteiger partial charge is 0.124 e. The van der Waals surface area contributed by atoms with Crippen LogP contribution >= 0.6 is 15.9 Å². The summed E-state index contributed by atoms with van der Waals surface area (Å²) in [6, 6.07) is 6.08. The summed E-state index contributed by atoms with van der Waals surface area (Å²) in [5, 5.41) is 0. The monoisotopic (exact) mass is 353 g/mol. The highest BCUT2D eigenvalue weighted by Gasteiger charge is 2.40. The Kier molecular flexibility index (Phi) is 4.57. The van der Waals surface area contributed by atoms with Crippen LogP contribution in [0.15, 0.2) is 22.7 Å². The predicted molar refractivity (Wildman–Crippen MR) is 87.5 cm³/mol. The van der Waals surface area contributed by atoms with Gasteiger partial charge in [-0.25, -0.2) is 0 Å². The Hall–Kier alpha value is -0.580. The van der Waals surface area contributed by atoms with E-state index in [0.29, 0.717) is 0 Å². The largest absolute Gasteiger partial charge is 0.490 e. The molecular weight excluding hydrogens is 330 g/mol. The Morgan fingerprint density at radius 2 is 2.14 bits per heavy atom. The van der Waals surface area contributed by atoms with Gasteiger partial charge in [0.25, 0.3) is 0 Å². The Balaban J connectivity index is 1.74. The molecule has 3 nitrogen and oxygen atoms in total. The first-order valence-corrected chi connectivity index (χ1v) is 8.73. The predicted octanol–water partition coefficient (Wildman–Crippen LogP) is 4.34. The molecule has 2 atom stereocenters. The third-order valence-corrected chi connectivity index (χ3v) is 5.21. The van der Waals surface area contributed by atoms with Crippen molar-refractivity contribution in [2.24, 2.45) is 5.73 Å². The third kappa shape index (κ3) is 3.43. The van der Waals surface area contributed by atoms with Crippen LogP contribution in [0.1, 0.15) is 57.1 Å². The Morgan fingerprint density at radius 3 is 2.86 bits per heavy atom. The van der Waals surface area contributed by atoms with Crippen LogP contribution < -0.4 is 10.5 Å². The van der Waals surface area contributed by atoms with Crippen LogP contribution in [0.5, 0.6) is 5.75 Å². The van der Waals surface area contributed by atoms with E-state index in [1.54, 1.807) is 0 Å². The molecule has 0 bridgehead atoms. The summed E-state index contributed by atoms with van der Waals surface area (Å²) in [5.41, 5.74) is 7.23. The lowest BCUT2D eigenvalue weighted by atomic mass is 9.90. The van der Waals surface area contributed by atoms with E-state index in [2.05, 4.69) is 22.0 Å². The lowest BCUT2D eigenvalue weighted by Crippen LogP contribution is -2.41. The molecular formula is C17H24BrNO2. The molecule has 0 amide bonds. The highest BCUT2D eigenvalue weighted by atomic mass is 79.9. The molecule has 2 aliphatic rings. The SMILES string of the molecule is C[C@H](N)c1cc(Br)ccc1OC1CCOC2(CCCC2)C1. The van der Waals surface area contributed by atoms with Gasteiger partial charge in [0.2, 0.25) is 0 Å². The molecule has 1 aromatic carbocycles. The van der Waals surface area contributed by atoms with Gasteiger partial charge in [0, 0.05) is 28.9 Å². The molecule has 21 heavy (non-hydrogen) atoms. The van der Waals surface area contributed by atoms with Gasteiger partial charge in [0.1, 0.15) is 11.9 Å². The van der Waals surface area contributed by atoms with Crippen LogP contribution in [0.3, 0.4) is 0 Å². The number of halogens is 1. The van der Waals surface area contributed by atoms with Crippen molar-refractivity contribution < 1.29 is 9.47 Å². The zero-order valence-electron chi connectivity index (χ0n) is 12.6. The zero-order chi connectivity index (χ0) is 14.9. The van der Waals surface area contributed by atoms with Crippen molar-refractivity contribution in [2.75, 3.05) is 6.61 Å². The van der Waals surface area contributed by atoms with Gasteiger partial charge in [-0.15, -0.1) is 0 Å². The standard InChI is InChI=1S/C17H24BrNO2/c1-12(19)15-10-13(18)4-5-16(15)21-14-6-9-20-17(11-14)7-2-3-8-17/h4-5,10,12,14H,2-3,6-9,11,19H2,1H3/t12-,14?/m0/s1. The van der Waals surface area contributed by atoms with Gasteiger partial charge in [0.05, 0.1) is 12.2 Å². The maximum Gasteiger partial charge on any atom is 0.124 e. The molecule has 3 rings (SSSR count). The normalized spacial score (nSPS) is 26.0. The van der Waals surface area contributed by atoms with Gasteiger partial charge in [-0.05, 0) is 38.0 Å². The molecule has 1 heterocycles. The lowest BCUT2D eigenvalue weighted by molar-refractivity contribution is -0.108. The van der Waals surface area contributed by atoms with E-state index in [1.807, 2.05) is 19.1 Å². The van der Waals surface area contributed by atoms with Crippen molar-refractivity contribution in [3.63, 3.8) is 0 Å². The first-order valence-electron chi connectivity index (χ1n) is 7.94. The molecule has 1 aliphatic carbocycles. The van der Waals surface area contributed by atoms with Crippen molar-refractivity contribution in [3.05, 3.63) is 28.2 Å². The molecule has 1 aromatic rings. The summed E-state index contributed by atoms with van der Waals surface area (Å²) in [5.74, 6) is 0.924. The van der Waals surface area contributed by atoms with Gasteiger partial charge >= 0.3 is 0 Å². The van der Waals surface area contributed by atoms with E-state index in [9.17, 15) is 0 Å². The summed E-state index contributed by atoms with van der Waals surface area (Å²) in [6.45, 7) is 2.81. The molecule has 4 heteroatoms. The van der Waals surface area contributed by atoms with Crippen molar-refractivity contribution >= 4 is 15.9 Å². The maximum absolute atomic E-state index is 6.31. The summed E-state index contributed by atoms with van der Waals surface area (Å²) in [4.78, 5) is 0. The molecule has 1 saturated carbocycles. The van der Waals surface area contributed by atoms with Crippen LogP contribution in [0, 0.1) is 0 Å². The zero-order valence-corrected chi connectivity index (χ0v) is 14.2. The van der Waals surface area contributed by atoms with E-state index in [4.69, 9.17) is 15.2 Å². The summed E-state index contributed by atoms with van der Waals surface area (Å²) in [7, 11) is 0. The van der Waals surface area contributed by atoms with Gasteiger partial charge in [-0.3, -0.25) is 0 Å². The fraction of sp³-hybridized carbons (Fsp3) is 0.647. The second-order valence-electron chi connectivity index (χ2n) is 6.44. The topological polar surface area (TPSA) is 44.5 Å². The lowest BCUT2D eigenvalue weighted by Gasteiger charge is -2.38. The van der Waals surface area contributed by atoms with Crippen molar-refractivity contribution in [1.29, 1.82) is 0 Å². The average molecular weight is 354 g/mol. The van der Waals surface area contributed by atoms with E-state index in [0.717, 1.165) is 35.2 Å². The number of hydrogen-bond donors (Lipinski definition) is 1. The van der Waals surface area contributed by atoms with Crippen molar-refractivity contribution in [3.8, 4) is 5.75 Å². The maximum atomic E-state index is 6.31. The molecule has 1 saturated heterocycles. The highest BCUT2D eigenvalue weighted by Crippen LogP contribution is 2.41. The highest BCUT2D eigenvalue weighted by molar-refractivity contribution is 9.10. The van der Waals surface area contributed by atoms with E-state index >= 15 is 0 Å². The van der Waals surface area contributed by atoms with Crippen molar-refractivity contribution in [2.45, 2.75) is 63.2 Å². The minimum Gasteiger partial charge on any atom is -0.490 e. The van der Waals surface area contributed by atoms with Crippen LogP contribution in [-0.4, -0.2) is 18.3 Å². The number of nitrogens with two attached hydrogens (primary N) is 1. The number of benzene rings is 1. The first kappa shape index (κ1) is 15.3. The van der Waals surface area contributed by atoms with Crippen LogP contribution in [0.2, 0.25) is 0 Å². The van der Waals surface area contributed by atoms with Crippen LogP contribution in [0.25, 0.3) is 0 Å². The molecule has 2 fully saturated rings. The van der Waals surface area contributed by atoms with Crippen LogP contribution in [0.4, 0.5) is 0 Å². The summed E-state index contributed by atoms with van der Waals surface area (Å²) < 4.78 is 13.4. The minimum absolute atomic E-state index is 0.0298. The van der Waals surface area contributed by atoms with Gasteiger partial charge in [0.15, 0.2) is 0 Å². The van der Waals surface area contributed by atoms with Gasteiger partial charge in [-0.1, -0.05) is 28.8 Å². The molecule has 1 spiro atoms. The molecule has 1 aliphatic heterocycles. The van der Waals surface area contributed by atoms with Crippen molar-refractivity contribution in [1.82, 2.24) is 0 Å². The third-order valence-electron chi connectivity index (χ3n) is 4.72. The molecule has 116 valence electrons. The Bertz CT molecular complexity index is 498.